The Morgan fingerprint density at radius 1 is 0.292 bits per heavy atom. The summed E-state index contributed by atoms with van der Waals surface area (Å²) >= 11 is 0. The van der Waals surface area contributed by atoms with Crippen molar-refractivity contribution in [3.05, 3.63) is 246 Å². The van der Waals surface area contributed by atoms with E-state index in [0.717, 1.165) is 12.8 Å². The summed E-state index contributed by atoms with van der Waals surface area (Å²) in [4.78, 5) is 0. The van der Waals surface area contributed by atoms with Gasteiger partial charge >= 0.3 is 0 Å². The quantitative estimate of drug-likeness (QED) is 0.137. The lowest BCUT2D eigenvalue weighted by Crippen LogP contribution is -2.10. The molecule has 0 amide bonds. The highest BCUT2D eigenvalue weighted by molar-refractivity contribution is 6.29. The van der Waals surface area contributed by atoms with Crippen LogP contribution in [0.25, 0.3) is 158 Å². The van der Waals surface area contributed by atoms with Gasteiger partial charge in [-0.2, -0.15) is 0 Å². The van der Waals surface area contributed by atoms with Crippen molar-refractivity contribution >= 4 is 141 Å². The molecule has 3 heteroatoms. The molecular weight excluding hydrogens is 1070 g/mol. The van der Waals surface area contributed by atoms with Gasteiger partial charge in [0.1, 0.15) is 0 Å². The molecule has 0 N–H and O–H groups in total. The van der Waals surface area contributed by atoms with Crippen LogP contribution in [-0.2, 0) is 5.41 Å². The van der Waals surface area contributed by atoms with E-state index < -0.39 is 0 Å². The second kappa shape index (κ2) is 18.9. The smallest absolute Gasteiger partial charge is 0.0622 e. The van der Waals surface area contributed by atoms with Crippen LogP contribution in [0.4, 0.5) is 0 Å². The molecule has 5 heterocycles. The average molecular weight is 1150 g/mol. The van der Waals surface area contributed by atoms with Crippen molar-refractivity contribution in [3.8, 4) is 16.8 Å². The number of para-hydroxylation sites is 2. The van der Waals surface area contributed by atoms with Crippen molar-refractivity contribution in [2.45, 2.75) is 104 Å². The Morgan fingerprint density at radius 2 is 0.652 bits per heavy atom. The predicted molar refractivity (Wildman–Crippen MR) is 385 cm³/mol. The maximum absolute atomic E-state index is 2.57. The molecule has 0 radical (unpaired) electrons. The molecule has 89 heavy (non-hydrogen) atoms. The maximum Gasteiger partial charge on any atom is 0.0622 e. The van der Waals surface area contributed by atoms with E-state index in [1.54, 1.807) is 0 Å². The summed E-state index contributed by atoms with van der Waals surface area (Å²) < 4.78 is 7.64. The summed E-state index contributed by atoms with van der Waals surface area (Å²) in [6, 6.07) is 85.4. The third-order valence-corrected chi connectivity index (χ3v) is 21.1. The molecule has 3 nitrogen and oxygen atoms in total. The van der Waals surface area contributed by atoms with Crippen LogP contribution in [-0.4, -0.2) is 13.4 Å². The normalized spacial score (nSPS) is 13.7. The second-order valence-corrected chi connectivity index (χ2v) is 28.3. The Labute approximate surface area is 518 Å². The Bertz CT molecular complexity index is 5940. The van der Waals surface area contributed by atoms with E-state index >= 15 is 0 Å². The number of rotatable bonds is 9. The van der Waals surface area contributed by atoms with Gasteiger partial charge < -0.3 is 13.4 Å². The number of nitrogens with zero attached hydrogens (tertiary/aromatic N) is 3. The molecule has 0 aliphatic rings. The van der Waals surface area contributed by atoms with Crippen LogP contribution in [0.5, 0.6) is 0 Å². The van der Waals surface area contributed by atoms with Crippen LogP contribution < -0.4 is 0 Å². The number of hydrogen-bond acceptors (Lipinski definition) is 0. The largest absolute Gasteiger partial charge is 0.309 e. The fourth-order valence-corrected chi connectivity index (χ4v) is 15.9. The monoisotopic (exact) mass is 1150 g/mol. The molecule has 0 fully saturated rings. The zero-order valence-electron chi connectivity index (χ0n) is 52.3. The molecule has 18 aromatic rings. The predicted octanol–water partition coefficient (Wildman–Crippen LogP) is 24.6. The van der Waals surface area contributed by atoms with Gasteiger partial charge in [0.05, 0.1) is 44.1 Å². The first-order valence-corrected chi connectivity index (χ1v) is 32.6. The molecule has 0 bridgehead atoms. The van der Waals surface area contributed by atoms with Gasteiger partial charge in [0.15, 0.2) is 0 Å². The van der Waals surface area contributed by atoms with Gasteiger partial charge in [-0.1, -0.05) is 196 Å². The third-order valence-electron chi connectivity index (χ3n) is 21.1. The van der Waals surface area contributed by atoms with Gasteiger partial charge in [-0.25, -0.2) is 0 Å². The molecule has 430 valence electrons. The first-order chi connectivity index (χ1) is 43.2. The van der Waals surface area contributed by atoms with E-state index in [4.69, 9.17) is 0 Å². The van der Waals surface area contributed by atoms with Gasteiger partial charge in [-0.15, -0.1) is 0 Å². The SMILES string of the molecule is CC(C)c1ccc2cc3c(cc2c1)c1cc(-c2ccc(C(C)(C)C)cc2)cc2c4cc5cc(C(C)CCC(C)c6ccc7cc8c(cc7c6)c6cc(-n7c9ccccc9c9ccccc97)cc7c9cc%10cc(C(C)C)ccc%10cc9n8c76)ccc5cc4n3c12. The summed E-state index contributed by atoms with van der Waals surface area (Å²) in [5.74, 6) is 1.73. The van der Waals surface area contributed by atoms with Gasteiger partial charge in [-0.3, -0.25) is 0 Å². The highest BCUT2D eigenvalue weighted by atomic mass is 15.0. The molecule has 5 aromatic heterocycles. The van der Waals surface area contributed by atoms with Crippen LogP contribution in [0.3, 0.4) is 0 Å². The molecule has 13 aromatic carbocycles. The molecule has 0 saturated carbocycles. The molecule has 2 atom stereocenters. The summed E-state index contributed by atoms with van der Waals surface area (Å²) in [5, 5.41) is 23.4. The highest BCUT2D eigenvalue weighted by Crippen LogP contribution is 2.48. The molecule has 0 saturated heterocycles. The van der Waals surface area contributed by atoms with Gasteiger partial charge in [0, 0.05) is 59.5 Å². The van der Waals surface area contributed by atoms with Crippen LogP contribution in [0, 0.1) is 0 Å². The van der Waals surface area contributed by atoms with E-state index in [1.165, 1.54) is 186 Å². The molecular formula is C86H71N3. The lowest BCUT2D eigenvalue weighted by molar-refractivity contribution is 0.574. The molecule has 0 spiro atoms. The summed E-state index contributed by atoms with van der Waals surface area (Å²) in [7, 11) is 0. The first kappa shape index (κ1) is 52.4. The van der Waals surface area contributed by atoms with E-state index in [2.05, 4.69) is 294 Å². The van der Waals surface area contributed by atoms with Crippen molar-refractivity contribution in [2.75, 3.05) is 0 Å². The van der Waals surface area contributed by atoms with Crippen molar-refractivity contribution in [2.24, 2.45) is 0 Å². The number of aromatic nitrogens is 3. The Balaban J connectivity index is 0.708. The number of hydrogen-bond donors (Lipinski definition) is 0. The Morgan fingerprint density at radius 3 is 1.03 bits per heavy atom. The standard InChI is InChI=1S/C86H71N3/c1-48(2)53-20-24-57-42-80-70(36-61(57)32-53)74-40-65(52-28-30-66(31-29-52)86(7,8)9)41-75-71-38-63-34-55(22-26-59(63)44-81(71)88(80)84(74)75)50(5)18-19-51(6)56-23-27-60-45-83-73(39-64(60)35-56)77-47-67(87-78-16-12-10-14-68(78)69-15-11-13-17-79(69)87)46-76-72-37-62-33-54(49(3)4)21-25-58(62)43-82(72)89(83)85(76)77/h10-17,20-51H,18-19H2,1-9H3. The number of benzene rings is 13. The van der Waals surface area contributed by atoms with Crippen LogP contribution in [0.1, 0.15) is 127 Å². The molecule has 0 aliphatic carbocycles. The van der Waals surface area contributed by atoms with E-state index in [0.29, 0.717) is 23.7 Å². The third kappa shape index (κ3) is 7.83. The Kier molecular flexibility index (Phi) is 11.1. The van der Waals surface area contributed by atoms with Crippen LogP contribution in [0.15, 0.2) is 218 Å². The highest BCUT2D eigenvalue weighted by Gasteiger charge is 2.25. The minimum atomic E-state index is 0.0918. The topological polar surface area (TPSA) is 13.8 Å². The summed E-state index contributed by atoms with van der Waals surface area (Å²) in [6.07, 6.45) is 2.20. The zero-order chi connectivity index (χ0) is 60.0. The van der Waals surface area contributed by atoms with E-state index in [-0.39, 0.29) is 5.41 Å². The van der Waals surface area contributed by atoms with Gasteiger partial charge in [0.25, 0.3) is 0 Å². The Hall–Kier alpha value is -9.70. The van der Waals surface area contributed by atoms with E-state index in [9.17, 15) is 0 Å². The summed E-state index contributed by atoms with van der Waals surface area (Å²) in [5.41, 5.74) is 20.9. The van der Waals surface area contributed by atoms with Gasteiger partial charge in [-0.05, 0) is 209 Å². The fraction of sp³-hybridized carbons (Fsp3) is 0.186. The van der Waals surface area contributed by atoms with Crippen molar-refractivity contribution in [1.82, 2.24) is 13.4 Å². The molecule has 0 aliphatic heterocycles. The lowest BCUT2D eigenvalue weighted by Gasteiger charge is -2.19. The maximum atomic E-state index is 2.57. The molecule has 18 rings (SSSR count). The van der Waals surface area contributed by atoms with Crippen LogP contribution in [0.2, 0.25) is 0 Å². The molecule has 2 unspecified atom stereocenters. The first-order valence-electron chi connectivity index (χ1n) is 32.6. The van der Waals surface area contributed by atoms with Gasteiger partial charge in [0.2, 0.25) is 0 Å². The summed E-state index contributed by atoms with van der Waals surface area (Å²) in [6.45, 7) is 20.9. The lowest BCUT2D eigenvalue weighted by atomic mass is 9.86. The minimum Gasteiger partial charge on any atom is -0.309 e. The zero-order valence-corrected chi connectivity index (χ0v) is 52.3. The van der Waals surface area contributed by atoms with E-state index in [1.807, 2.05) is 0 Å². The average Bonchev–Trinajstić information content (AvgIpc) is 1.54. The van der Waals surface area contributed by atoms with Crippen molar-refractivity contribution in [3.63, 3.8) is 0 Å². The second-order valence-electron chi connectivity index (χ2n) is 28.3. The minimum absolute atomic E-state index is 0.0918. The fourth-order valence-electron chi connectivity index (χ4n) is 15.9. The van der Waals surface area contributed by atoms with Crippen LogP contribution >= 0.6 is 0 Å². The van der Waals surface area contributed by atoms with Crippen molar-refractivity contribution < 1.29 is 0 Å². The number of fused-ring (bicyclic) bond motifs is 19. The van der Waals surface area contributed by atoms with Crippen molar-refractivity contribution in [1.29, 1.82) is 0 Å².